The number of fused-ring (bicyclic) bond motifs is 1. The fourth-order valence-electron chi connectivity index (χ4n) is 4.61. The number of carbonyl (C=O) groups is 1. The predicted octanol–water partition coefficient (Wildman–Crippen LogP) is 3.98. The second kappa shape index (κ2) is 10.0. The first kappa shape index (κ1) is 25.2. The molecule has 0 aliphatic carbocycles. The molecule has 0 bridgehead atoms. The zero-order chi connectivity index (χ0) is 26.0. The van der Waals surface area contributed by atoms with Crippen LogP contribution in [0.25, 0.3) is 16.9 Å². The summed E-state index contributed by atoms with van der Waals surface area (Å²) in [4.78, 5) is 32.9. The van der Waals surface area contributed by atoms with Crippen molar-refractivity contribution in [1.82, 2.24) is 24.4 Å². The van der Waals surface area contributed by atoms with Gasteiger partial charge in [-0.25, -0.2) is 19.7 Å². The third-order valence-electron chi connectivity index (χ3n) is 6.32. The summed E-state index contributed by atoms with van der Waals surface area (Å²) in [5, 5.41) is 10.3. The van der Waals surface area contributed by atoms with Crippen molar-refractivity contribution in [2.45, 2.75) is 53.2 Å². The van der Waals surface area contributed by atoms with Gasteiger partial charge in [0.1, 0.15) is 23.6 Å². The van der Waals surface area contributed by atoms with E-state index in [1.807, 2.05) is 38.5 Å². The average molecular weight is 491 g/mol. The van der Waals surface area contributed by atoms with Crippen molar-refractivity contribution in [3.8, 4) is 11.9 Å². The van der Waals surface area contributed by atoms with E-state index < -0.39 is 5.60 Å². The van der Waals surface area contributed by atoms with Gasteiger partial charge in [0, 0.05) is 51.2 Å². The lowest BCUT2D eigenvalue weighted by atomic mass is 10.1. The second-order valence-electron chi connectivity index (χ2n) is 9.94. The maximum atomic E-state index is 12.7. The largest absolute Gasteiger partial charge is 0.444 e. The van der Waals surface area contributed by atoms with E-state index >= 15 is 0 Å². The van der Waals surface area contributed by atoms with Crippen molar-refractivity contribution >= 4 is 28.6 Å². The van der Waals surface area contributed by atoms with E-state index in [2.05, 4.69) is 39.7 Å². The zero-order valence-electron chi connectivity index (χ0n) is 21.9. The molecule has 0 N–H and O–H groups in total. The summed E-state index contributed by atoms with van der Waals surface area (Å²) in [6.07, 6.45) is 4.94. The van der Waals surface area contributed by atoms with Gasteiger partial charge in [0.25, 0.3) is 0 Å². The van der Waals surface area contributed by atoms with Crippen LogP contribution in [0.4, 0.5) is 16.3 Å². The normalized spacial score (nSPS) is 16.2. The van der Waals surface area contributed by atoms with Gasteiger partial charge in [-0.2, -0.15) is 5.26 Å². The Kier molecular flexibility index (Phi) is 7.02. The van der Waals surface area contributed by atoms with E-state index in [0.717, 1.165) is 35.6 Å². The highest BCUT2D eigenvalue weighted by molar-refractivity contribution is 6.00. The lowest BCUT2D eigenvalue weighted by molar-refractivity contribution is 0.0159. The third-order valence-corrected chi connectivity index (χ3v) is 6.32. The molecule has 1 aliphatic rings. The number of hydrogen-bond donors (Lipinski definition) is 0. The summed E-state index contributed by atoms with van der Waals surface area (Å²) in [6, 6.07) is 5.58. The van der Waals surface area contributed by atoms with Crippen LogP contribution in [-0.4, -0.2) is 74.9 Å². The van der Waals surface area contributed by atoms with Crippen LogP contribution in [0.5, 0.6) is 0 Å². The molecule has 3 aromatic heterocycles. The number of anilines is 2. The van der Waals surface area contributed by atoms with E-state index in [0.29, 0.717) is 31.0 Å². The van der Waals surface area contributed by atoms with Crippen molar-refractivity contribution in [2.75, 3.05) is 42.5 Å². The molecule has 0 unspecified atom stereocenters. The topological polar surface area (TPSA) is 103 Å². The Hall–Kier alpha value is -3.87. The van der Waals surface area contributed by atoms with Crippen molar-refractivity contribution in [1.29, 1.82) is 5.26 Å². The minimum atomic E-state index is -0.536. The molecule has 1 aliphatic heterocycles. The van der Waals surface area contributed by atoms with Gasteiger partial charge in [-0.15, -0.1) is 0 Å². The molecular formula is C26H34N8O2. The lowest BCUT2D eigenvalue weighted by Gasteiger charge is -2.41. The number of pyridine rings is 1. The van der Waals surface area contributed by atoms with Gasteiger partial charge in [-0.05, 0) is 53.7 Å². The van der Waals surface area contributed by atoms with Crippen LogP contribution >= 0.6 is 0 Å². The molecule has 0 spiro atoms. The van der Waals surface area contributed by atoms with Gasteiger partial charge in [-0.3, -0.25) is 4.57 Å². The SMILES string of the molecule is CCN(CC)c1cn(-c2cc(C#N)ccn2)c2ncnc(N3CCN(C(=O)OC(C)(C)C)[C@H](C)C3)c12. The lowest BCUT2D eigenvalue weighted by Crippen LogP contribution is -2.55. The minimum Gasteiger partial charge on any atom is -0.444 e. The monoisotopic (exact) mass is 490 g/mol. The summed E-state index contributed by atoms with van der Waals surface area (Å²) in [7, 11) is 0. The molecule has 0 radical (unpaired) electrons. The van der Waals surface area contributed by atoms with E-state index in [4.69, 9.17) is 9.72 Å². The summed E-state index contributed by atoms with van der Waals surface area (Å²) >= 11 is 0. The molecule has 1 atom stereocenters. The number of carbonyl (C=O) groups excluding carboxylic acids is 1. The standard InChI is InChI=1S/C26H34N8O2/c1-7-31(8-2)20-16-34(21-13-19(14-27)9-10-28-21)24-22(20)23(29-17-30-24)32-11-12-33(18(3)15-32)25(35)36-26(4,5)6/h9-10,13,16-18H,7-8,11-12,15H2,1-6H3/t18-/m1/s1. The van der Waals surface area contributed by atoms with Crippen molar-refractivity contribution in [3.63, 3.8) is 0 Å². The number of aromatic nitrogens is 4. The van der Waals surface area contributed by atoms with Gasteiger partial charge >= 0.3 is 6.09 Å². The first-order chi connectivity index (χ1) is 17.2. The minimum absolute atomic E-state index is 0.0495. The van der Waals surface area contributed by atoms with Crippen LogP contribution in [0.15, 0.2) is 30.9 Å². The van der Waals surface area contributed by atoms with Crippen molar-refractivity contribution in [2.24, 2.45) is 0 Å². The van der Waals surface area contributed by atoms with E-state index in [9.17, 15) is 10.1 Å². The zero-order valence-corrected chi connectivity index (χ0v) is 21.9. The molecule has 3 aromatic rings. The first-order valence-electron chi connectivity index (χ1n) is 12.4. The summed E-state index contributed by atoms with van der Waals surface area (Å²) in [5.41, 5.74) is 1.74. The van der Waals surface area contributed by atoms with Gasteiger partial charge in [0.05, 0.1) is 22.7 Å². The summed E-state index contributed by atoms with van der Waals surface area (Å²) in [5.74, 6) is 1.46. The Labute approximate surface area is 212 Å². The van der Waals surface area contributed by atoms with E-state index in [-0.39, 0.29) is 12.1 Å². The van der Waals surface area contributed by atoms with Gasteiger partial charge in [0.15, 0.2) is 5.65 Å². The molecule has 4 rings (SSSR count). The molecule has 1 fully saturated rings. The van der Waals surface area contributed by atoms with Crippen LogP contribution in [0.3, 0.4) is 0 Å². The molecule has 4 heterocycles. The maximum Gasteiger partial charge on any atom is 0.410 e. The van der Waals surface area contributed by atoms with Crippen molar-refractivity contribution < 1.29 is 9.53 Å². The van der Waals surface area contributed by atoms with Gasteiger partial charge in [-0.1, -0.05) is 0 Å². The first-order valence-corrected chi connectivity index (χ1v) is 12.4. The second-order valence-corrected chi connectivity index (χ2v) is 9.94. The number of nitriles is 1. The Morgan fingerprint density at radius 2 is 1.97 bits per heavy atom. The fourth-order valence-corrected chi connectivity index (χ4v) is 4.61. The molecule has 0 aromatic carbocycles. The molecule has 10 nitrogen and oxygen atoms in total. The Balaban J connectivity index is 1.76. The molecule has 10 heteroatoms. The number of hydrogen-bond acceptors (Lipinski definition) is 8. The van der Waals surface area contributed by atoms with Crippen molar-refractivity contribution in [3.05, 3.63) is 36.4 Å². The van der Waals surface area contributed by atoms with Gasteiger partial charge in [0.2, 0.25) is 0 Å². The van der Waals surface area contributed by atoms with E-state index in [1.54, 1.807) is 29.6 Å². The van der Waals surface area contributed by atoms with Gasteiger partial charge < -0.3 is 19.4 Å². The third kappa shape index (κ3) is 4.91. The highest BCUT2D eigenvalue weighted by Gasteiger charge is 2.33. The number of piperazine rings is 1. The Morgan fingerprint density at radius 1 is 1.22 bits per heavy atom. The highest BCUT2D eigenvalue weighted by Crippen LogP contribution is 2.36. The van der Waals surface area contributed by atoms with Crippen LogP contribution in [0, 0.1) is 11.3 Å². The maximum absolute atomic E-state index is 12.7. The number of ether oxygens (including phenoxy) is 1. The molecular weight excluding hydrogens is 456 g/mol. The van der Waals surface area contributed by atoms with Crippen LogP contribution in [0.1, 0.15) is 47.1 Å². The number of amides is 1. The van der Waals surface area contributed by atoms with E-state index in [1.165, 1.54) is 0 Å². The Morgan fingerprint density at radius 3 is 2.61 bits per heavy atom. The van der Waals surface area contributed by atoms with Crippen LogP contribution in [0.2, 0.25) is 0 Å². The molecule has 1 saturated heterocycles. The fraction of sp³-hybridized carbons (Fsp3) is 0.500. The molecule has 36 heavy (non-hydrogen) atoms. The summed E-state index contributed by atoms with van der Waals surface area (Å²) < 4.78 is 7.54. The predicted molar refractivity (Wildman–Crippen MR) is 140 cm³/mol. The smallest absolute Gasteiger partial charge is 0.410 e. The highest BCUT2D eigenvalue weighted by atomic mass is 16.6. The molecule has 0 saturated carbocycles. The molecule has 190 valence electrons. The van der Waals surface area contributed by atoms with Crippen LogP contribution < -0.4 is 9.80 Å². The number of nitrogens with zero attached hydrogens (tertiary/aromatic N) is 8. The summed E-state index contributed by atoms with van der Waals surface area (Å²) in [6.45, 7) is 15.3. The van der Waals surface area contributed by atoms with Crippen LogP contribution in [-0.2, 0) is 4.74 Å². The molecule has 1 amide bonds. The average Bonchev–Trinajstić information content (AvgIpc) is 3.23. The number of rotatable bonds is 5. The Bertz CT molecular complexity index is 1290. The quantitative estimate of drug-likeness (QED) is 0.529.